The van der Waals surface area contributed by atoms with Crippen molar-refractivity contribution < 1.29 is 38.6 Å². The van der Waals surface area contributed by atoms with Gasteiger partial charge in [-0.05, 0) is 74.0 Å². The second-order valence-corrected chi connectivity index (χ2v) is 18.1. The molecule has 0 radical (unpaired) electrons. The molecule has 14 heteroatoms. The molecule has 55 heavy (non-hydrogen) atoms. The number of aliphatic imine (C=N–C) groups is 1. The van der Waals surface area contributed by atoms with Crippen molar-refractivity contribution in [3.8, 4) is 5.75 Å². The molecular formula is C41H63N5O8S. The number of rotatable bonds is 4. The Kier molecular flexibility index (Phi) is 15.6. The highest BCUT2D eigenvalue weighted by atomic mass is 32.2. The van der Waals surface area contributed by atoms with Gasteiger partial charge in [0.15, 0.2) is 0 Å². The Morgan fingerprint density at radius 3 is 2.31 bits per heavy atom. The van der Waals surface area contributed by atoms with Crippen molar-refractivity contribution in [2.75, 3.05) is 19.4 Å². The number of cyclic esters (lactones) is 1. The Morgan fingerprint density at radius 2 is 1.67 bits per heavy atom. The summed E-state index contributed by atoms with van der Waals surface area (Å²) in [5, 5.41) is 20.6. The minimum absolute atomic E-state index is 0.0152. The molecule has 1 aromatic carbocycles. The molecule has 1 aromatic rings. The molecule has 3 heterocycles. The van der Waals surface area contributed by atoms with Crippen LogP contribution in [0.1, 0.15) is 99.5 Å². The Hall–Kier alpha value is -3.65. The average Bonchev–Trinajstić information content (AvgIpc) is 3.82. The summed E-state index contributed by atoms with van der Waals surface area (Å²) >= 11 is 1.59. The van der Waals surface area contributed by atoms with Gasteiger partial charge in [0.1, 0.15) is 36.0 Å². The predicted molar refractivity (Wildman–Crippen MR) is 214 cm³/mol. The minimum Gasteiger partial charge on any atom is -0.497 e. The molecule has 2 bridgehead atoms. The van der Waals surface area contributed by atoms with Crippen molar-refractivity contribution in [1.82, 2.24) is 20.9 Å². The van der Waals surface area contributed by atoms with Gasteiger partial charge in [-0.25, -0.2) is 4.79 Å². The maximum Gasteiger partial charge on any atom is 0.329 e. The minimum atomic E-state index is -1.04. The van der Waals surface area contributed by atoms with Crippen LogP contribution in [0.5, 0.6) is 5.75 Å². The molecule has 0 spiro atoms. The lowest BCUT2D eigenvalue weighted by Crippen LogP contribution is -2.58. The third kappa shape index (κ3) is 12.2. The smallest absolute Gasteiger partial charge is 0.329 e. The number of aliphatic hydroxyl groups excluding tert-OH is 1. The van der Waals surface area contributed by atoms with Crippen LogP contribution in [-0.2, 0) is 35.1 Å². The number of carbonyl (C=O) groups excluding carboxylic acids is 5. The fraction of sp³-hybridized carbons (Fsp3) is 0.707. The van der Waals surface area contributed by atoms with Gasteiger partial charge in [-0.3, -0.25) is 24.2 Å². The van der Waals surface area contributed by atoms with Gasteiger partial charge in [0, 0.05) is 31.1 Å². The van der Waals surface area contributed by atoms with Crippen molar-refractivity contribution in [3.63, 3.8) is 0 Å². The van der Waals surface area contributed by atoms with Crippen molar-refractivity contribution in [1.29, 1.82) is 0 Å². The highest BCUT2D eigenvalue weighted by Crippen LogP contribution is 2.34. The van der Waals surface area contributed by atoms with E-state index in [1.165, 1.54) is 11.8 Å². The maximum absolute atomic E-state index is 14.1. The number of thioether (sulfide) groups is 1. The second-order valence-electron chi connectivity index (χ2n) is 17.0. The molecule has 3 aliphatic rings. The van der Waals surface area contributed by atoms with Crippen LogP contribution in [0.2, 0.25) is 0 Å². The molecule has 4 amide bonds. The molecule has 0 aromatic heterocycles. The summed E-state index contributed by atoms with van der Waals surface area (Å²) in [6, 6.07) is 3.28. The molecule has 1 fully saturated rings. The topological polar surface area (TPSA) is 176 Å². The molecule has 0 saturated carbocycles. The first-order chi connectivity index (χ1) is 25.9. The molecule has 0 aliphatic carbocycles. The van der Waals surface area contributed by atoms with E-state index >= 15 is 0 Å². The Balaban J connectivity index is 1.61. The summed E-state index contributed by atoms with van der Waals surface area (Å²) in [5.41, 5.74) is 0.383. The van der Waals surface area contributed by atoms with Gasteiger partial charge in [-0.1, -0.05) is 60.6 Å². The zero-order chi connectivity index (χ0) is 40.6. The van der Waals surface area contributed by atoms with Crippen LogP contribution in [0.4, 0.5) is 0 Å². The first-order valence-corrected chi connectivity index (χ1v) is 20.8. The van der Waals surface area contributed by atoms with Crippen LogP contribution in [0.15, 0.2) is 29.3 Å². The number of fused-ring (bicyclic) bond motifs is 2. The van der Waals surface area contributed by atoms with Crippen molar-refractivity contribution in [3.05, 3.63) is 29.8 Å². The monoisotopic (exact) mass is 785 g/mol. The van der Waals surface area contributed by atoms with Crippen molar-refractivity contribution >= 4 is 46.4 Å². The van der Waals surface area contributed by atoms with E-state index in [1.54, 1.807) is 31.0 Å². The van der Waals surface area contributed by atoms with Gasteiger partial charge in [0.2, 0.25) is 23.6 Å². The van der Waals surface area contributed by atoms with Gasteiger partial charge in [0.25, 0.3) is 0 Å². The Labute approximate surface area is 330 Å². The van der Waals surface area contributed by atoms with E-state index in [4.69, 9.17) is 14.5 Å². The molecule has 1 saturated heterocycles. The second kappa shape index (κ2) is 19.5. The summed E-state index contributed by atoms with van der Waals surface area (Å²) in [5.74, 6) is -1.46. The van der Waals surface area contributed by atoms with E-state index in [9.17, 15) is 29.1 Å². The number of carbonyl (C=O) groups is 5. The molecule has 306 valence electrons. The van der Waals surface area contributed by atoms with E-state index < -0.39 is 59.6 Å². The number of nitrogens with one attached hydrogen (secondary N) is 3. The first-order valence-electron chi connectivity index (χ1n) is 19.8. The SMILES string of the molecule is COc1ccc(C[C@@H]2NC(=O)CC[C@H]3CSC(=N3)[C@@H](C)[C@@H](O)C[C@H](C)C[C@@H](C(C)(C)C)OC(=O)[C@@H]3CCCN3C(=O)[C@H](C(C)C)NC(=O)[C@H](C)NC2=O)cc1. The number of ether oxygens (including phenoxy) is 2. The number of hydrogen-bond donors (Lipinski definition) is 4. The summed E-state index contributed by atoms with van der Waals surface area (Å²) in [7, 11) is 1.56. The van der Waals surface area contributed by atoms with E-state index in [-0.39, 0.29) is 48.5 Å². The number of methoxy groups -OCH3 is 1. The van der Waals surface area contributed by atoms with Gasteiger partial charge < -0.3 is 35.4 Å². The molecule has 9 atom stereocenters. The van der Waals surface area contributed by atoms with Gasteiger partial charge in [-0.2, -0.15) is 0 Å². The van der Waals surface area contributed by atoms with Crippen LogP contribution >= 0.6 is 11.8 Å². The number of amides is 4. The molecule has 0 unspecified atom stereocenters. The average molecular weight is 786 g/mol. The molecule has 3 aliphatic heterocycles. The molecule has 13 nitrogen and oxygen atoms in total. The fourth-order valence-electron chi connectivity index (χ4n) is 7.27. The summed E-state index contributed by atoms with van der Waals surface area (Å²) < 4.78 is 11.5. The lowest BCUT2D eigenvalue weighted by molar-refractivity contribution is -0.164. The fourth-order valence-corrected chi connectivity index (χ4v) is 8.52. The summed E-state index contributed by atoms with van der Waals surface area (Å²) in [6.07, 6.45) is 1.72. The molecular weight excluding hydrogens is 723 g/mol. The number of esters is 1. The highest BCUT2D eigenvalue weighted by Gasteiger charge is 2.42. The standard InChI is InChI=1S/C41H63N5O8S/c1-23(2)35-39(51)46-18-10-11-31(46)40(52)54-33(41(6,7)8)20-24(3)19-32(47)25(4)38-43-28(22-55-38)14-17-34(48)44-30(37(50)42-26(5)36(49)45-35)21-27-12-15-29(53-9)16-13-27/h12-13,15-16,23-26,28,30-33,35,47H,10-11,14,17-22H2,1-9H3,(H,42,50)(H,44,48)(H,45,49)/t24-,25-,26-,28-,30-,31-,32-,33-,35-/m0/s1. The van der Waals surface area contributed by atoms with Crippen molar-refractivity contribution in [2.45, 2.75) is 143 Å². The van der Waals surface area contributed by atoms with Crippen LogP contribution < -0.4 is 20.7 Å². The van der Waals surface area contributed by atoms with Crippen LogP contribution in [0, 0.1) is 23.2 Å². The zero-order valence-corrected chi connectivity index (χ0v) is 34.9. The van der Waals surface area contributed by atoms with Crippen molar-refractivity contribution in [2.24, 2.45) is 28.2 Å². The Bertz CT molecular complexity index is 1550. The van der Waals surface area contributed by atoms with Gasteiger partial charge >= 0.3 is 5.97 Å². The van der Waals surface area contributed by atoms with Crippen LogP contribution in [0.3, 0.4) is 0 Å². The largest absolute Gasteiger partial charge is 0.497 e. The zero-order valence-electron chi connectivity index (χ0n) is 34.1. The third-order valence-corrected chi connectivity index (χ3v) is 12.3. The summed E-state index contributed by atoms with van der Waals surface area (Å²) in [6.45, 7) is 15.6. The Morgan fingerprint density at radius 1 is 0.982 bits per heavy atom. The van der Waals surface area contributed by atoms with E-state index in [1.807, 2.05) is 60.6 Å². The lowest BCUT2D eigenvalue weighted by atomic mass is 9.81. The maximum atomic E-state index is 14.1. The number of nitrogens with zero attached hydrogens (tertiary/aromatic N) is 2. The lowest BCUT2D eigenvalue weighted by Gasteiger charge is -2.35. The van der Waals surface area contributed by atoms with Crippen LogP contribution in [-0.4, -0.2) is 106 Å². The van der Waals surface area contributed by atoms with Gasteiger partial charge in [-0.15, -0.1) is 11.8 Å². The van der Waals surface area contributed by atoms with E-state index in [0.29, 0.717) is 50.2 Å². The number of benzene rings is 1. The normalized spacial score (nSPS) is 31.3. The predicted octanol–water partition coefficient (Wildman–Crippen LogP) is 4.04. The first kappa shape index (κ1) is 44.1. The highest BCUT2D eigenvalue weighted by molar-refractivity contribution is 8.14. The third-order valence-electron chi connectivity index (χ3n) is 10.9. The molecule has 4 rings (SSSR count). The van der Waals surface area contributed by atoms with Crippen LogP contribution in [0.25, 0.3) is 0 Å². The quantitative estimate of drug-likeness (QED) is 0.329. The summed E-state index contributed by atoms with van der Waals surface area (Å²) in [4.78, 5) is 75.0. The van der Waals surface area contributed by atoms with E-state index in [0.717, 1.165) is 10.6 Å². The van der Waals surface area contributed by atoms with E-state index in [2.05, 4.69) is 16.0 Å². The van der Waals surface area contributed by atoms with Gasteiger partial charge in [0.05, 0.1) is 24.3 Å². The number of hydrogen-bond acceptors (Lipinski definition) is 10. The molecule has 4 N–H and O–H groups in total. The number of aliphatic hydroxyl groups is 1.